The molecule has 0 saturated heterocycles. The lowest BCUT2D eigenvalue weighted by atomic mass is 10.2. The summed E-state index contributed by atoms with van der Waals surface area (Å²) in [7, 11) is 0. The topological polar surface area (TPSA) is 61.9 Å². The summed E-state index contributed by atoms with van der Waals surface area (Å²) in [6, 6.07) is 6.27. The first-order valence-corrected chi connectivity index (χ1v) is 7.00. The summed E-state index contributed by atoms with van der Waals surface area (Å²) in [6.45, 7) is 4.10. The molecule has 1 N–H and O–H groups in total. The first-order chi connectivity index (χ1) is 9.22. The van der Waals surface area contributed by atoms with E-state index in [1.165, 1.54) is 0 Å². The number of nitriles is 1. The smallest absolute Gasteiger partial charge is 0.232 e. The monoisotopic (exact) mass is 273 g/mol. The van der Waals surface area contributed by atoms with Crippen molar-refractivity contribution >= 4 is 29.4 Å². The van der Waals surface area contributed by atoms with Crippen molar-refractivity contribution in [2.45, 2.75) is 26.3 Å². The predicted molar refractivity (Wildman–Crippen MR) is 77.8 cm³/mol. The number of hydrogen-bond acceptors (Lipinski definition) is 5. The number of rotatable bonds is 5. The molecule has 2 rings (SSSR count). The molecule has 0 fully saturated rings. The summed E-state index contributed by atoms with van der Waals surface area (Å²) >= 11 is 1.64. The molecule has 0 aliphatic carbocycles. The second-order valence-corrected chi connectivity index (χ2v) is 5.12. The Kier molecular flexibility index (Phi) is 4.37. The van der Waals surface area contributed by atoms with Crippen molar-refractivity contribution in [3.05, 3.63) is 34.0 Å². The van der Waals surface area contributed by atoms with Gasteiger partial charge in [0, 0.05) is 17.0 Å². The molecule has 1 unspecified atom stereocenters. The third kappa shape index (κ3) is 3.46. The zero-order chi connectivity index (χ0) is 13.7. The molecule has 1 atom stereocenters. The van der Waals surface area contributed by atoms with Gasteiger partial charge in [0.1, 0.15) is 6.07 Å². The second-order valence-electron chi connectivity index (χ2n) is 4.14. The van der Waals surface area contributed by atoms with Crippen LogP contribution in [-0.2, 0) is 0 Å². The van der Waals surface area contributed by atoms with Gasteiger partial charge in [0.05, 0.1) is 0 Å². The number of oxazole rings is 1. The van der Waals surface area contributed by atoms with Gasteiger partial charge in [0.2, 0.25) is 17.5 Å². The molecule has 0 spiro atoms. The maximum absolute atomic E-state index is 9.04. The molecule has 0 radical (unpaired) electrons. The minimum Gasteiger partial charge on any atom is -0.420 e. The average Bonchev–Trinajstić information content (AvgIpc) is 3.05. The van der Waals surface area contributed by atoms with Crippen LogP contribution < -0.4 is 5.32 Å². The number of thiophene rings is 1. The summed E-state index contributed by atoms with van der Waals surface area (Å²) in [6.07, 6.45) is 4.64. The van der Waals surface area contributed by atoms with Gasteiger partial charge in [-0.1, -0.05) is 13.0 Å². The molecule has 0 saturated carbocycles. The Balaban J connectivity index is 2.17. The van der Waals surface area contributed by atoms with Crippen LogP contribution in [0.1, 0.15) is 36.7 Å². The van der Waals surface area contributed by atoms with Gasteiger partial charge >= 0.3 is 0 Å². The first kappa shape index (κ1) is 13.4. The molecule has 0 bridgehead atoms. The van der Waals surface area contributed by atoms with Gasteiger partial charge in [-0.3, -0.25) is 0 Å². The molecular formula is C14H15N3OS. The maximum atomic E-state index is 9.04. The Hall–Kier alpha value is -2.06. The molecular weight excluding hydrogens is 258 g/mol. The molecule has 5 heteroatoms. The van der Waals surface area contributed by atoms with Gasteiger partial charge in [-0.25, -0.2) is 0 Å². The van der Waals surface area contributed by atoms with E-state index in [9.17, 15) is 0 Å². The van der Waals surface area contributed by atoms with Crippen molar-refractivity contribution in [1.29, 1.82) is 5.26 Å². The van der Waals surface area contributed by atoms with E-state index in [2.05, 4.69) is 17.2 Å². The van der Waals surface area contributed by atoms with E-state index in [-0.39, 0.29) is 6.04 Å². The molecule has 0 aromatic carbocycles. The lowest BCUT2D eigenvalue weighted by Crippen LogP contribution is -2.13. The summed E-state index contributed by atoms with van der Waals surface area (Å²) in [4.78, 5) is 5.26. The highest BCUT2D eigenvalue weighted by Gasteiger charge is 2.12. The number of anilines is 1. The van der Waals surface area contributed by atoms with Gasteiger partial charge in [0.15, 0.2) is 0 Å². The number of hydrogen-bond donors (Lipinski definition) is 1. The Labute approximate surface area is 116 Å². The zero-order valence-corrected chi connectivity index (χ0v) is 11.7. The molecule has 98 valence electrons. The summed E-state index contributed by atoms with van der Waals surface area (Å²) in [5.74, 6) is 0.887. The number of nitrogens with zero attached hydrogens (tertiary/aromatic N) is 2. The Morgan fingerprint density at radius 2 is 2.42 bits per heavy atom. The van der Waals surface area contributed by atoms with Crippen LogP contribution in [0.4, 0.5) is 5.88 Å². The van der Waals surface area contributed by atoms with Gasteiger partial charge in [-0.15, -0.1) is 11.3 Å². The van der Waals surface area contributed by atoms with E-state index in [1.54, 1.807) is 17.4 Å². The van der Waals surface area contributed by atoms with Crippen LogP contribution in [0.25, 0.3) is 12.2 Å². The van der Waals surface area contributed by atoms with E-state index >= 15 is 0 Å². The highest BCUT2D eigenvalue weighted by Crippen LogP contribution is 2.20. The fourth-order valence-corrected chi connectivity index (χ4v) is 2.06. The van der Waals surface area contributed by atoms with E-state index in [0.29, 0.717) is 17.5 Å². The molecule has 2 aromatic heterocycles. The van der Waals surface area contributed by atoms with Gasteiger partial charge in [0.25, 0.3) is 0 Å². The van der Waals surface area contributed by atoms with Crippen LogP contribution in [-0.4, -0.2) is 11.0 Å². The molecule has 0 amide bonds. The molecule has 0 aliphatic rings. The van der Waals surface area contributed by atoms with Crippen molar-refractivity contribution in [3.8, 4) is 6.07 Å². The fourth-order valence-electron chi connectivity index (χ4n) is 1.45. The second kappa shape index (κ2) is 6.21. The van der Waals surface area contributed by atoms with Crippen LogP contribution in [0.5, 0.6) is 0 Å². The summed E-state index contributed by atoms with van der Waals surface area (Å²) in [5, 5.41) is 14.2. The predicted octanol–water partition coefficient (Wildman–Crippen LogP) is 3.99. The Morgan fingerprint density at radius 3 is 3.05 bits per heavy atom. The van der Waals surface area contributed by atoms with Crippen molar-refractivity contribution < 1.29 is 4.42 Å². The minimum absolute atomic E-state index is 0.245. The van der Waals surface area contributed by atoms with Gasteiger partial charge in [-0.05, 0) is 30.9 Å². The van der Waals surface area contributed by atoms with Crippen molar-refractivity contribution in [1.82, 2.24) is 4.98 Å². The molecule has 4 nitrogen and oxygen atoms in total. The quantitative estimate of drug-likeness (QED) is 0.894. The van der Waals surface area contributed by atoms with Gasteiger partial charge < -0.3 is 9.73 Å². The van der Waals surface area contributed by atoms with E-state index in [4.69, 9.17) is 9.68 Å². The summed E-state index contributed by atoms with van der Waals surface area (Å²) in [5.41, 5.74) is 0.297. The van der Waals surface area contributed by atoms with Crippen LogP contribution >= 0.6 is 11.3 Å². The maximum Gasteiger partial charge on any atom is 0.232 e. The highest BCUT2D eigenvalue weighted by atomic mass is 32.1. The molecule has 19 heavy (non-hydrogen) atoms. The minimum atomic E-state index is 0.245. The van der Waals surface area contributed by atoms with E-state index < -0.39 is 0 Å². The Morgan fingerprint density at radius 1 is 1.58 bits per heavy atom. The van der Waals surface area contributed by atoms with Gasteiger partial charge in [-0.2, -0.15) is 10.2 Å². The third-order valence-electron chi connectivity index (χ3n) is 2.67. The van der Waals surface area contributed by atoms with Crippen molar-refractivity contribution in [2.75, 3.05) is 5.32 Å². The van der Waals surface area contributed by atoms with Crippen molar-refractivity contribution in [3.63, 3.8) is 0 Å². The standard InChI is InChI=1S/C14H15N3OS/c1-3-10(2)16-14-12(9-15)17-13(18-14)7-6-11-5-4-8-19-11/h4-8,10,16H,3H2,1-2H3/b7-6+. The lowest BCUT2D eigenvalue weighted by molar-refractivity contribution is 0.548. The average molecular weight is 273 g/mol. The zero-order valence-electron chi connectivity index (χ0n) is 10.9. The van der Waals surface area contributed by atoms with Crippen LogP contribution in [0, 0.1) is 11.3 Å². The largest absolute Gasteiger partial charge is 0.420 e. The normalized spacial score (nSPS) is 12.5. The number of nitrogens with one attached hydrogen (secondary N) is 1. The van der Waals surface area contributed by atoms with Crippen LogP contribution in [0.3, 0.4) is 0 Å². The summed E-state index contributed by atoms with van der Waals surface area (Å²) < 4.78 is 5.55. The lowest BCUT2D eigenvalue weighted by Gasteiger charge is -2.08. The van der Waals surface area contributed by atoms with E-state index in [0.717, 1.165) is 11.3 Å². The van der Waals surface area contributed by atoms with E-state index in [1.807, 2.05) is 36.6 Å². The molecule has 2 heterocycles. The highest BCUT2D eigenvalue weighted by molar-refractivity contribution is 7.10. The Bertz CT molecular complexity index is 593. The molecule has 2 aromatic rings. The third-order valence-corrected chi connectivity index (χ3v) is 3.51. The first-order valence-electron chi connectivity index (χ1n) is 6.12. The van der Waals surface area contributed by atoms with Crippen molar-refractivity contribution in [2.24, 2.45) is 0 Å². The van der Waals surface area contributed by atoms with Crippen LogP contribution in [0.15, 0.2) is 21.9 Å². The fraction of sp³-hybridized carbons (Fsp3) is 0.286. The SMILES string of the molecule is CCC(C)Nc1oc(/C=C/c2cccs2)nc1C#N. The molecule has 0 aliphatic heterocycles. The number of aromatic nitrogens is 1. The van der Waals surface area contributed by atoms with Crippen LogP contribution in [0.2, 0.25) is 0 Å².